The first-order valence-electron chi connectivity index (χ1n) is 6.12. The Labute approximate surface area is 117 Å². The van der Waals surface area contributed by atoms with Crippen molar-refractivity contribution in [2.45, 2.75) is 39.2 Å². The smallest absolute Gasteiger partial charge is 0.251 e. The van der Waals surface area contributed by atoms with E-state index in [1.807, 2.05) is 26.0 Å². The van der Waals surface area contributed by atoms with Gasteiger partial charge in [0.15, 0.2) is 0 Å². The highest BCUT2D eigenvalue weighted by molar-refractivity contribution is 9.10. The normalized spacial score (nSPS) is 14.1. The number of carbonyl (C=O) groups is 1. The van der Waals surface area contributed by atoms with Crippen molar-refractivity contribution >= 4 is 21.8 Å². The van der Waals surface area contributed by atoms with Gasteiger partial charge in [-0.25, -0.2) is 0 Å². The first-order chi connectivity index (χ1) is 8.35. The second-order valence-electron chi connectivity index (χ2n) is 4.89. The molecule has 1 amide bonds. The molecular weight excluding hydrogens is 294 g/mol. The van der Waals surface area contributed by atoms with Crippen LogP contribution >= 0.6 is 15.9 Å². The molecule has 1 aromatic rings. The quantitative estimate of drug-likeness (QED) is 0.877. The Morgan fingerprint density at radius 3 is 2.72 bits per heavy atom. The second kappa shape index (κ2) is 6.34. The number of amides is 1. The molecule has 0 aliphatic carbocycles. The van der Waals surface area contributed by atoms with Crippen molar-refractivity contribution in [3.05, 3.63) is 33.8 Å². The summed E-state index contributed by atoms with van der Waals surface area (Å²) in [5.74, 6) is -0.151. The van der Waals surface area contributed by atoms with E-state index in [9.17, 15) is 9.90 Å². The molecule has 4 heteroatoms. The zero-order chi connectivity index (χ0) is 13.8. The molecule has 0 heterocycles. The van der Waals surface area contributed by atoms with Crippen LogP contribution in [0.2, 0.25) is 0 Å². The van der Waals surface area contributed by atoms with Crippen LogP contribution in [0.15, 0.2) is 22.7 Å². The number of hydrogen-bond acceptors (Lipinski definition) is 2. The molecule has 1 aromatic carbocycles. The number of benzene rings is 1. The predicted octanol–water partition coefficient (Wildman–Crippen LogP) is 3.04. The molecule has 0 saturated heterocycles. The van der Waals surface area contributed by atoms with Gasteiger partial charge in [0, 0.05) is 16.6 Å². The maximum atomic E-state index is 11.9. The van der Waals surface area contributed by atoms with E-state index in [0.717, 1.165) is 16.5 Å². The van der Waals surface area contributed by atoms with E-state index in [0.29, 0.717) is 12.0 Å². The summed E-state index contributed by atoms with van der Waals surface area (Å²) in [5, 5.41) is 12.8. The molecule has 0 radical (unpaired) electrons. The van der Waals surface area contributed by atoms with E-state index in [4.69, 9.17) is 0 Å². The molecule has 1 rings (SSSR count). The van der Waals surface area contributed by atoms with Crippen molar-refractivity contribution < 1.29 is 9.90 Å². The molecule has 0 fully saturated rings. The van der Waals surface area contributed by atoms with Gasteiger partial charge in [0.1, 0.15) is 0 Å². The third-order valence-corrected chi connectivity index (χ3v) is 3.73. The number of carbonyl (C=O) groups excluding carboxylic acids is 1. The fraction of sp³-hybridized carbons (Fsp3) is 0.500. The zero-order valence-electron chi connectivity index (χ0n) is 11.1. The molecule has 2 N–H and O–H groups in total. The summed E-state index contributed by atoms with van der Waals surface area (Å²) in [5.41, 5.74) is 0.792. The zero-order valence-corrected chi connectivity index (χ0v) is 12.7. The van der Waals surface area contributed by atoms with Crippen LogP contribution in [0, 0.1) is 6.92 Å². The summed E-state index contributed by atoms with van der Waals surface area (Å²) >= 11 is 3.40. The van der Waals surface area contributed by atoms with Gasteiger partial charge >= 0.3 is 0 Å². The Bertz CT molecular complexity index is 430. The Morgan fingerprint density at radius 2 is 2.17 bits per heavy atom. The monoisotopic (exact) mass is 313 g/mol. The largest absolute Gasteiger partial charge is 0.388 e. The molecule has 0 aliphatic heterocycles. The molecular formula is C14H20BrNO2. The lowest BCUT2D eigenvalue weighted by molar-refractivity contribution is 0.0469. The SMILES string of the molecule is CCCC(C)(O)CNC(=O)c1ccc(Br)c(C)c1. The van der Waals surface area contributed by atoms with Crippen molar-refractivity contribution in [3.63, 3.8) is 0 Å². The summed E-state index contributed by atoms with van der Waals surface area (Å²) in [7, 11) is 0. The molecule has 0 saturated carbocycles. The van der Waals surface area contributed by atoms with E-state index in [1.165, 1.54) is 0 Å². The summed E-state index contributed by atoms with van der Waals surface area (Å²) < 4.78 is 0.983. The number of aliphatic hydroxyl groups is 1. The van der Waals surface area contributed by atoms with E-state index < -0.39 is 5.60 Å². The van der Waals surface area contributed by atoms with Crippen molar-refractivity contribution in [1.82, 2.24) is 5.32 Å². The van der Waals surface area contributed by atoms with Crippen LogP contribution in [0.1, 0.15) is 42.6 Å². The van der Waals surface area contributed by atoms with E-state index in [-0.39, 0.29) is 12.5 Å². The fourth-order valence-electron chi connectivity index (χ4n) is 1.79. The number of rotatable bonds is 5. The van der Waals surface area contributed by atoms with Crippen LogP contribution in [0.4, 0.5) is 0 Å². The third-order valence-electron chi connectivity index (χ3n) is 2.84. The van der Waals surface area contributed by atoms with Gasteiger partial charge in [0.25, 0.3) is 5.91 Å². The van der Waals surface area contributed by atoms with Gasteiger partial charge in [-0.1, -0.05) is 29.3 Å². The minimum atomic E-state index is -0.838. The van der Waals surface area contributed by atoms with Crippen molar-refractivity contribution in [3.8, 4) is 0 Å². The van der Waals surface area contributed by atoms with E-state index in [1.54, 1.807) is 13.0 Å². The minimum absolute atomic E-state index is 0.151. The molecule has 1 unspecified atom stereocenters. The second-order valence-corrected chi connectivity index (χ2v) is 5.75. The molecule has 100 valence electrons. The molecule has 0 bridgehead atoms. The third kappa shape index (κ3) is 4.42. The van der Waals surface area contributed by atoms with Crippen LogP contribution in [-0.2, 0) is 0 Å². The van der Waals surface area contributed by atoms with Gasteiger partial charge in [-0.15, -0.1) is 0 Å². The number of nitrogens with one attached hydrogen (secondary N) is 1. The Kier molecular flexibility index (Phi) is 5.35. The first kappa shape index (κ1) is 15.2. The molecule has 0 aliphatic rings. The Morgan fingerprint density at radius 1 is 1.50 bits per heavy atom. The van der Waals surface area contributed by atoms with Crippen LogP contribution in [0.3, 0.4) is 0 Å². The van der Waals surface area contributed by atoms with E-state index >= 15 is 0 Å². The highest BCUT2D eigenvalue weighted by Crippen LogP contribution is 2.17. The van der Waals surface area contributed by atoms with Crippen LogP contribution in [0.5, 0.6) is 0 Å². The van der Waals surface area contributed by atoms with Gasteiger partial charge < -0.3 is 10.4 Å². The van der Waals surface area contributed by atoms with Gasteiger partial charge in [0.2, 0.25) is 0 Å². The molecule has 1 atom stereocenters. The average Bonchev–Trinajstić information content (AvgIpc) is 2.30. The van der Waals surface area contributed by atoms with Crippen LogP contribution in [-0.4, -0.2) is 23.2 Å². The average molecular weight is 314 g/mol. The maximum absolute atomic E-state index is 11.9. The molecule has 3 nitrogen and oxygen atoms in total. The topological polar surface area (TPSA) is 49.3 Å². The molecule has 0 spiro atoms. The minimum Gasteiger partial charge on any atom is -0.388 e. The van der Waals surface area contributed by atoms with Crippen LogP contribution < -0.4 is 5.32 Å². The van der Waals surface area contributed by atoms with Gasteiger partial charge in [-0.3, -0.25) is 4.79 Å². The summed E-state index contributed by atoms with van der Waals surface area (Å²) in [6.45, 7) is 5.96. The van der Waals surface area contributed by atoms with Crippen LogP contribution in [0.25, 0.3) is 0 Å². The maximum Gasteiger partial charge on any atom is 0.251 e. The number of aryl methyl sites for hydroxylation is 1. The van der Waals surface area contributed by atoms with Crippen molar-refractivity contribution in [1.29, 1.82) is 0 Å². The summed E-state index contributed by atoms with van der Waals surface area (Å²) in [6.07, 6.45) is 1.56. The first-order valence-corrected chi connectivity index (χ1v) is 6.92. The van der Waals surface area contributed by atoms with Crippen molar-refractivity contribution in [2.75, 3.05) is 6.54 Å². The molecule has 18 heavy (non-hydrogen) atoms. The predicted molar refractivity (Wildman–Crippen MR) is 76.7 cm³/mol. The highest BCUT2D eigenvalue weighted by Gasteiger charge is 2.20. The lowest BCUT2D eigenvalue weighted by Crippen LogP contribution is -2.40. The van der Waals surface area contributed by atoms with Gasteiger partial charge in [0.05, 0.1) is 5.60 Å². The lowest BCUT2D eigenvalue weighted by atomic mass is 10.0. The van der Waals surface area contributed by atoms with Gasteiger partial charge in [-0.05, 0) is 44.0 Å². The van der Waals surface area contributed by atoms with Crippen molar-refractivity contribution in [2.24, 2.45) is 0 Å². The standard InChI is InChI=1S/C14H20BrNO2/c1-4-7-14(3,18)9-16-13(17)11-5-6-12(15)10(2)8-11/h5-6,8,18H,4,7,9H2,1-3H3,(H,16,17). The highest BCUT2D eigenvalue weighted by atomic mass is 79.9. The lowest BCUT2D eigenvalue weighted by Gasteiger charge is -2.22. The van der Waals surface area contributed by atoms with E-state index in [2.05, 4.69) is 21.2 Å². The van der Waals surface area contributed by atoms with Gasteiger partial charge in [-0.2, -0.15) is 0 Å². The summed E-state index contributed by atoms with van der Waals surface area (Å²) in [4.78, 5) is 11.9. The Balaban J connectivity index is 2.63. The number of halogens is 1. The Hall–Kier alpha value is -0.870. The fourth-order valence-corrected chi connectivity index (χ4v) is 2.03. The molecule has 0 aromatic heterocycles. The number of hydrogen-bond donors (Lipinski definition) is 2. The summed E-state index contributed by atoms with van der Waals surface area (Å²) in [6, 6.07) is 5.45.